The molecule has 0 radical (unpaired) electrons. The van der Waals surface area contributed by atoms with E-state index < -0.39 is 0 Å². The third-order valence-corrected chi connectivity index (χ3v) is 3.07. The van der Waals surface area contributed by atoms with E-state index in [4.69, 9.17) is 10.6 Å². The molecule has 4 nitrogen and oxygen atoms in total. The number of hydrazine groups is 1. The predicted molar refractivity (Wildman–Crippen MR) is 75.7 cm³/mol. The molecule has 0 aliphatic rings. The Bertz CT molecular complexity index is 542. The zero-order chi connectivity index (χ0) is 13.7. The average Bonchev–Trinajstić information content (AvgIpc) is 2.45. The Morgan fingerprint density at radius 1 is 1.32 bits per heavy atom. The van der Waals surface area contributed by atoms with Crippen LogP contribution < -0.4 is 16.0 Å². The second kappa shape index (κ2) is 6.31. The quantitative estimate of drug-likeness (QED) is 0.636. The molecule has 2 rings (SSSR count). The van der Waals surface area contributed by atoms with Gasteiger partial charge in [0.25, 0.3) is 0 Å². The van der Waals surface area contributed by atoms with Crippen LogP contribution in [0.2, 0.25) is 0 Å². The van der Waals surface area contributed by atoms with Gasteiger partial charge in [-0.3, -0.25) is 16.3 Å². The lowest BCUT2D eigenvalue weighted by Gasteiger charge is -2.16. The second-order valence-corrected chi connectivity index (χ2v) is 4.53. The first-order valence-corrected chi connectivity index (χ1v) is 6.24. The van der Waals surface area contributed by atoms with E-state index in [1.165, 1.54) is 5.56 Å². The summed E-state index contributed by atoms with van der Waals surface area (Å²) in [5.74, 6) is 6.50. The number of nitrogens with zero attached hydrogens (tertiary/aromatic N) is 1. The minimum atomic E-state index is -0.00740. The normalized spacial score (nSPS) is 12.2. The number of ether oxygens (including phenoxy) is 1. The highest BCUT2D eigenvalue weighted by Crippen LogP contribution is 2.20. The lowest BCUT2D eigenvalue weighted by atomic mass is 10.0. The summed E-state index contributed by atoms with van der Waals surface area (Å²) in [6, 6.07) is 12.0. The molecular weight excluding hydrogens is 238 g/mol. The smallest absolute Gasteiger partial charge is 0.119 e. The maximum Gasteiger partial charge on any atom is 0.119 e. The fourth-order valence-corrected chi connectivity index (χ4v) is 2.03. The molecule has 4 heteroatoms. The Hall–Kier alpha value is -1.91. The van der Waals surface area contributed by atoms with Crippen molar-refractivity contribution in [3.05, 3.63) is 59.4 Å². The highest BCUT2D eigenvalue weighted by molar-refractivity contribution is 5.30. The van der Waals surface area contributed by atoms with E-state index in [0.717, 1.165) is 23.4 Å². The molecule has 0 aliphatic carbocycles. The molecule has 100 valence electrons. The van der Waals surface area contributed by atoms with E-state index >= 15 is 0 Å². The van der Waals surface area contributed by atoms with Gasteiger partial charge in [-0.2, -0.15) is 0 Å². The zero-order valence-electron chi connectivity index (χ0n) is 11.3. The molecule has 0 bridgehead atoms. The third kappa shape index (κ3) is 3.53. The van der Waals surface area contributed by atoms with E-state index in [2.05, 4.69) is 16.5 Å². The largest absolute Gasteiger partial charge is 0.497 e. The van der Waals surface area contributed by atoms with Gasteiger partial charge in [-0.05, 0) is 48.7 Å². The number of benzene rings is 1. The van der Waals surface area contributed by atoms with Gasteiger partial charge in [0.05, 0.1) is 18.8 Å². The van der Waals surface area contributed by atoms with Crippen molar-refractivity contribution in [2.75, 3.05) is 7.11 Å². The van der Waals surface area contributed by atoms with Gasteiger partial charge in [-0.15, -0.1) is 0 Å². The van der Waals surface area contributed by atoms with Crippen molar-refractivity contribution in [1.82, 2.24) is 10.4 Å². The molecule has 0 saturated carbocycles. The van der Waals surface area contributed by atoms with Crippen LogP contribution in [0.25, 0.3) is 0 Å². The summed E-state index contributed by atoms with van der Waals surface area (Å²) in [6.07, 6.45) is 2.57. The van der Waals surface area contributed by atoms with Crippen molar-refractivity contribution in [2.45, 2.75) is 19.4 Å². The number of aryl methyl sites for hydroxylation is 1. The monoisotopic (exact) mass is 257 g/mol. The van der Waals surface area contributed by atoms with Gasteiger partial charge in [0.2, 0.25) is 0 Å². The molecule has 2 aromatic rings. The highest BCUT2D eigenvalue weighted by atomic mass is 16.5. The molecule has 0 amide bonds. The van der Waals surface area contributed by atoms with E-state index in [0.29, 0.717) is 0 Å². The fourth-order valence-electron chi connectivity index (χ4n) is 2.03. The first-order valence-electron chi connectivity index (χ1n) is 6.24. The van der Waals surface area contributed by atoms with Crippen LogP contribution in [0.1, 0.15) is 22.9 Å². The van der Waals surface area contributed by atoms with Crippen LogP contribution in [0, 0.1) is 6.92 Å². The lowest BCUT2D eigenvalue weighted by Crippen LogP contribution is -2.30. The van der Waals surface area contributed by atoms with Gasteiger partial charge >= 0.3 is 0 Å². The van der Waals surface area contributed by atoms with Gasteiger partial charge in [0, 0.05) is 6.20 Å². The summed E-state index contributed by atoms with van der Waals surface area (Å²) in [5, 5.41) is 0. The van der Waals surface area contributed by atoms with Crippen LogP contribution in [0.15, 0.2) is 42.6 Å². The van der Waals surface area contributed by atoms with Crippen LogP contribution in [0.5, 0.6) is 5.75 Å². The zero-order valence-corrected chi connectivity index (χ0v) is 11.3. The summed E-state index contributed by atoms with van der Waals surface area (Å²) in [5.41, 5.74) is 6.11. The Morgan fingerprint density at radius 3 is 2.84 bits per heavy atom. The fraction of sp³-hybridized carbons (Fsp3) is 0.267. The van der Waals surface area contributed by atoms with Crippen molar-refractivity contribution >= 4 is 0 Å². The van der Waals surface area contributed by atoms with Crippen molar-refractivity contribution in [2.24, 2.45) is 5.84 Å². The standard InChI is InChI=1S/C15H19N3O/c1-11-6-7-17-14(8-11)15(18-16)10-12-4-3-5-13(9-12)19-2/h3-9,15,18H,10,16H2,1-2H3. The predicted octanol–water partition coefficient (Wildman–Crippen LogP) is 2.15. The minimum Gasteiger partial charge on any atom is -0.497 e. The molecule has 3 N–H and O–H groups in total. The molecule has 1 unspecified atom stereocenters. The molecule has 19 heavy (non-hydrogen) atoms. The summed E-state index contributed by atoms with van der Waals surface area (Å²) in [4.78, 5) is 4.38. The second-order valence-electron chi connectivity index (χ2n) is 4.53. The lowest BCUT2D eigenvalue weighted by molar-refractivity contribution is 0.413. The molecule has 0 fully saturated rings. The van der Waals surface area contributed by atoms with Crippen LogP contribution in [0.4, 0.5) is 0 Å². The number of aromatic nitrogens is 1. The number of methoxy groups -OCH3 is 1. The highest BCUT2D eigenvalue weighted by Gasteiger charge is 2.12. The van der Waals surface area contributed by atoms with Crippen molar-refractivity contribution in [1.29, 1.82) is 0 Å². The molecule has 1 atom stereocenters. The van der Waals surface area contributed by atoms with Crippen LogP contribution in [0.3, 0.4) is 0 Å². The molecule has 0 saturated heterocycles. The Balaban J connectivity index is 2.18. The number of nitrogens with one attached hydrogen (secondary N) is 1. The van der Waals surface area contributed by atoms with E-state index in [-0.39, 0.29) is 6.04 Å². The van der Waals surface area contributed by atoms with Crippen molar-refractivity contribution < 1.29 is 4.74 Å². The summed E-state index contributed by atoms with van der Waals surface area (Å²) in [7, 11) is 1.67. The van der Waals surface area contributed by atoms with E-state index in [9.17, 15) is 0 Å². The van der Waals surface area contributed by atoms with Gasteiger partial charge in [0.1, 0.15) is 5.75 Å². The SMILES string of the molecule is COc1cccc(CC(NN)c2cc(C)ccn2)c1. The maximum atomic E-state index is 5.65. The number of hydrogen-bond acceptors (Lipinski definition) is 4. The molecule has 1 aromatic heterocycles. The van der Waals surface area contributed by atoms with Crippen LogP contribution in [-0.4, -0.2) is 12.1 Å². The topological polar surface area (TPSA) is 60.2 Å². The maximum absolute atomic E-state index is 5.65. The number of hydrogen-bond donors (Lipinski definition) is 2. The average molecular weight is 257 g/mol. The number of rotatable bonds is 5. The summed E-state index contributed by atoms with van der Waals surface area (Å²) in [6.45, 7) is 2.05. The minimum absolute atomic E-state index is 0.00740. The van der Waals surface area contributed by atoms with Crippen molar-refractivity contribution in [3.8, 4) is 5.75 Å². The Morgan fingerprint density at radius 2 is 2.16 bits per heavy atom. The first-order chi connectivity index (χ1) is 9.22. The molecule has 0 spiro atoms. The molecule has 0 aliphatic heterocycles. The molecule has 1 aromatic carbocycles. The van der Waals surface area contributed by atoms with E-state index in [1.807, 2.05) is 37.3 Å². The van der Waals surface area contributed by atoms with Crippen LogP contribution in [-0.2, 0) is 6.42 Å². The van der Waals surface area contributed by atoms with Gasteiger partial charge in [-0.1, -0.05) is 12.1 Å². The van der Waals surface area contributed by atoms with E-state index in [1.54, 1.807) is 13.3 Å². The Labute approximate surface area is 113 Å². The van der Waals surface area contributed by atoms with Crippen molar-refractivity contribution in [3.63, 3.8) is 0 Å². The Kier molecular flexibility index (Phi) is 4.49. The summed E-state index contributed by atoms with van der Waals surface area (Å²) >= 11 is 0. The molecular formula is C15H19N3O. The number of nitrogens with two attached hydrogens (primary N) is 1. The van der Waals surface area contributed by atoms with Crippen LogP contribution >= 0.6 is 0 Å². The third-order valence-electron chi connectivity index (χ3n) is 3.07. The summed E-state index contributed by atoms with van der Waals surface area (Å²) < 4.78 is 5.23. The van der Waals surface area contributed by atoms with Gasteiger partial charge in [0.15, 0.2) is 0 Å². The van der Waals surface area contributed by atoms with Gasteiger partial charge in [-0.25, -0.2) is 0 Å². The first kappa shape index (κ1) is 13.5. The number of pyridine rings is 1. The molecule has 1 heterocycles. The van der Waals surface area contributed by atoms with Gasteiger partial charge < -0.3 is 4.74 Å².